The van der Waals surface area contributed by atoms with Gasteiger partial charge in [-0.05, 0) is 38.5 Å². The zero-order valence-corrected chi connectivity index (χ0v) is 18.7. The molecule has 2 heterocycles. The Hall–Kier alpha value is -3.32. The fourth-order valence-electron chi connectivity index (χ4n) is 3.28. The first-order valence-corrected chi connectivity index (χ1v) is 11.1. The van der Waals surface area contributed by atoms with Crippen LogP contribution in [0.4, 0.5) is 5.82 Å². The molecule has 2 N–H and O–H groups in total. The van der Waals surface area contributed by atoms with E-state index in [-0.39, 0.29) is 11.7 Å². The molecule has 0 aliphatic heterocycles. The quantitative estimate of drug-likeness (QED) is 0.411. The second kappa shape index (κ2) is 9.22. The molecule has 0 spiro atoms. The highest BCUT2D eigenvalue weighted by Gasteiger charge is 2.13. The Balaban J connectivity index is 1.39. The van der Waals surface area contributed by atoms with Gasteiger partial charge in [0.15, 0.2) is 5.16 Å². The van der Waals surface area contributed by atoms with E-state index in [4.69, 9.17) is 0 Å². The Labute approximate surface area is 186 Å². The zero-order chi connectivity index (χ0) is 21.8. The van der Waals surface area contributed by atoms with Gasteiger partial charge in [0.2, 0.25) is 5.91 Å². The van der Waals surface area contributed by atoms with Crippen LogP contribution in [0.1, 0.15) is 28.2 Å². The van der Waals surface area contributed by atoms with Gasteiger partial charge in [-0.1, -0.05) is 59.8 Å². The third kappa shape index (κ3) is 5.24. The van der Waals surface area contributed by atoms with Crippen LogP contribution in [0.2, 0.25) is 0 Å². The molecule has 31 heavy (non-hydrogen) atoms. The smallest absolute Gasteiger partial charge is 0.236 e. The second-order valence-corrected chi connectivity index (χ2v) is 8.50. The molecule has 6 nitrogen and oxygen atoms in total. The molecule has 0 saturated heterocycles. The van der Waals surface area contributed by atoms with Crippen LogP contribution in [0.5, 0.6) is 0 Å². The number of hydrogen-bond donors (Lipinski definition) is 2. The predicted molar refractivity (Wildman–Crippen MR) is 125 cm³/mol. The largest absolute Gasteiger partial charge is 0.337 e. The van der Waals surface area contributed by atoms with Crippen molar-refractivity contribution in [2.24, 2.45) is 0 Å². The van der Waals surface area contributed by atoms with Crippen molar-refractivity contribution in [1.29, 1.82) is 0 Å². The number of rotatable bonds is 7. The lowest BCUT2D eigenvalue weighted by molar-refractivity contribution is -0.113. The third-order valence-electron chi connectivity index (χ3n) is 4.90. The van der Waals surface area contributed by atoms with Gasteiger partial charge in [0, 0.05) is 18.2 Å². The Bertz CT molecular complexity index is 1180. The van der Waals surface area contributed by atoms with Crippen molar-refractivity contribution < 1.29 is 4.79 Å². The molecule has 0 aliphatic rings. The molecule has 2 aromatic carbocycles. The maximum atomic E-state index is 12.6. The minimum Gasteiger partial charge on any atom is -0.337 e. The van der Waals surface area contributed by atoms with Crippen molar-refractivity contribution in [3.05, 3.63) is 88.9 Å². The van der Waals surface area contributed by atoms with Crippen LogP contribution in [-0.2, 0) is 11.2 Å². The van der Waals surface area contributed by atoms with E-state index in [1.807, 2.05) is 69.3 Å². The average Bonchev–Trinajstić information content (AvgIpc) is 3.29. The van der Waals surface area contributed by atoms with Gasteiger partial charge in [-0.15, -0.1) is 0 Å². The molecule has 0 bridgehead atoms. The maximum Gasteiger partial charge on any atom is 0.236 e. The first-order chi connectivity index (χ1) is 15.0. The van der Waals surface area contributed by atoms with E-state index in [9.17, 15) is 4.79 Å². The monoisotopic (exact) mass is 431 g/mol. The average molecular weight is 432 g/mol. The molecule has 0 fully saturated rings. The molecule has 2 aromatic heterocycles. The van der Waals surface area contributed by atoms with Crippen molar-refractivity contribution in [1.82, 2.24) is 19.7 Å². The summed E-state index contributed by atoms with van der Waals surface area (Å²) in [6, 6.07) is 20.2. The van der Waals surface area contributed by atoms with Gasteiger partial charge in [-0.25, -0.2) is 9.67 Å². The lowest BCUT2D eigenvalue weighted by Gasteiger charge is -2.09. The van der Waals surface area contributed by atoms with Crippen LogP contribution in [0.15, 0.2) is 65.8 Å². The first kappa shape index (κ1) is 20.9. The Morgan fingerprint density at radius 1 is 1.06 bits per heavy atom. The van der Waals surface area contributed by atoms with Crippen molar-refractivity contribution in [3.8, 4) is 5.69 Å². The number of aryl methyl sites for hydroxylation is 3. The van der Waals surface area contributed by atoms with Gasteiger partial charge in [-0.3, -0.25) is 4.79 Å². The van der Waals surface area contributed by atoms with Gasteiger partial charge in [0.25, 0.3) is 0 Å². The van der Waals surface area contributed by atoms with Gasteiger partial charge in [0.05, 0.1) is 22.8 Å². The topological polar surface area (TPSA) is 75.6 Å². The zero-order valence-electron chi connectivity index (χ0n) is 17.8. The summed E-state index contributed by atoms with van der Waals surface area (Å²) in [6.45, 7) is 5.97. The molecule has 158 valence electrons. The van der Waals surface area contributed by atoms with Gasteiger partial charge >= 0.3 is 0 Å². The van der Waals surface area contributed by atoms with Crippen LogP contribution >= 0.6 is 11.8 Å². The van der Waals surface area contributed by atoms with Gasteiger partial charge < -0.3 is 10.3 Å². The summed E-state index contributed by atoms with van der Waals surface area (Å²) in [4.78, 5) is 20.6. The van der Waals surface area contributed by atoms with E-state index >= 15 is 0 Å². The van der Waals surface area contributed by atoms with Crippen molar-refractivity contribution >= 4 is 23.5 Å². The standard InChI is InChI=1S/C24H25N5OS/c1-16-9-11-20(12-10-16)29-22(13-17(2)28-29)27-23(30)15-31-24-25-18(3)21(26-24)14-19-7-5-4-6-8-19/h4-13H,14-15H2,1-3H3,(H,25,26)(H,27,30). The van der Waals surface area contributed by atoms with Crippen molar-refractivity contribution in [3.63, 3.8) is 0 Å². The molecule has 0 atom stereocenters. The number of imidazole rings is 1. The van der Waals surface area contributed by atoms with Crippen LogP contribution in [0.25, 0.3) is 5.69 Å². The highest BCUT2D eigenvalue weighted by atomic mass is 32.2. The molecule has 0 unspecified atom stereocenters. The third-order valence-corrected chi connectivity index (χ3v) is 5.77. The fraction of sp³-hybridized carbons (Fsp3) is 0.208. The van der Waals surface area contributed by atoms with E-state index in [1.54, 1.807) is 4.68 Å². The van der Waals surface area contributed by atoms with E-state index in [0.717, 1.165) is 34.3 Å². The van der Waals surface area contributed by atoms with Crippen molar-refractivity contribution in [2.45, 2.75) is 32.3 Å². The molecule has 4 rings (SSSR count). The molecule has 1 amide bonds. The Morgan fingerprint density at radius 2 is 1.81 bits per heavy atom. The Kier molecular flexibility index (Phi) is 6.23. The number of carbonyl (C=O) groups is 1. The number of aromatic nitrogens is 4. The summed E-state index contributed by atoms with van der Waals surface area (Å²) in [5, 5.41) is 8.24. The number of carbonyl (C=O) groups excluding carboxylic acids is 1. The number of aromatic amines is 1. The minimum absolute atomic E-state index is 0.100. The first-order valence-electron chi connectivity index (χ1n) is 10.1. The molecule has 4 aromatic rings. The minimum atomic E-state index is -0.100. The second-order valence-electron chi connectivity index (χ2n) is 7.53. The number of amides is 1. The number of nitrogens with zero attached hydrogens (tertiary/aromatic N) is 3. The summed E-state index contributed by atoms with van der Waals surface area (Å²) in [7, 11) is 0. The number of hydrogen-bond acceptors (Lipinski definition) is 4. The van der Waals surface area contributed by atoms with Gasteiger partial charge in [-0.2, -0.15) is 5.10 Å². The number of H-pyrrole nitrogens is 1. The number of thioether (sulfide) groups is 1. The fourth-order valence-corrected chi connectivity index (χ4v) is 4.02. The summed E-state index contributed by atoms with van der Waals surface area (Å²) in [6.07, 6.45) is 0.769. The summed E-state index contributed by atoms with van der Waals surface area (Å²) in [5.41, 5.74) is 6.17. The van der Waals surface area contributed by atoms with Crippen molar-refractivity contribution in [2.75, 3.05) is 11.1 Å². The number of anilines is 1. The number of benzene rings is 2. The summed E-state index contributed by atoms with van der Waals surface area (Å²) in [5.74, 6) is 0.819. The van der Waals surface area contributed by atoms with E-state index in [0.29, 0.717) is 5.82 Å². The van der Waals surface area contributed by atoms with E-state index < -0.39 is 0 Å². The van der Waals surface area contributed by atoms with Crippen LogP contribution < -0.4 is 5.32 Å². The lowest BCUT2D eigenvalue weighted by Crippen LogP contribution is -2.17. The molecule has 0 saturated carbocycles. The van der Waals surface area contributed by atoms with Gasteiger partial charge in [0.1, 0.15) is 5.82 Å². The SMILES string of the molecule is Cc1ccc(-n2nc(C)cc2NC(=O)CSc2nc(Cc3ccccc3)c(C)[nH]2)cc1. The van der Waals surface area contributed by atoms with E-state index in [1.165, 1.54) is 22.9 Å². The molecule has 0 radical (unpaired) electrons. The lowest BCUT2D eigenvalue weighted by atomic mass is 10.1. The Morgan fingerprint density at radius 3 is 2.55 bits per heavy atom. The molecule has 7 heteroatoms. The highest BCUT2D eigenvalue weighted by molar-refractivity contribution is 7.99. The normalized spacial score (nSPS) is 10.9. The molecule has 0 aliphatic carbocycles. The molecular formula is C24H25N5OS. The number of nitrogens with one attached hydrogen (secondary N) is 2. The molecular weight excluding hydrogens is 406 g/mol. The highest BCUT2D eigenvalue weighted by Crippen LogP contribution is 2.21. The van der Waals surface area contributed by atoms with E-state index in [2.05, 4.69) is 32.5 Å². The van der Waals surface area contributed by atoms with Crippen LogP contribution in [-0.4, -0.2) is 31.4 Å². The summed E-state index contributed by atoms with van der Waals surface area (Å²) >= 11 is 1.40. The maximum absolute atomic E-state index is 12.6. The summed E-state index contributed by atoms with van der Waals surface area (Å²) < 4.78 is 1.76. The van der Waals surface area contributed by atoms with Crippen LogP contribution in [0, 0.1) is 20.8 Å². The predicted octanol–water partition coefficient (Wildman–Crippen LogP) is 4.84. The van der Waals surface area contributed by atoms with Crippen LogP contribution in [0.3, 0.4) is 0 Å².